The summed E-state index contributed by atoms with van der Waals surface area (Å²) in [4.78, 5) is 0. The van der Waals surface area contributed by atoms with Gasteiger partial charge in [-0.05, 0) is 54.8 Å². The highest BCUT2D eigenvalue weighted by atomic mass is 19.1. The van der Waals surface area contributed by atoms with E-state index in [1.165, 1.54) is 12.1 Å². The zero-order valence-electron chi connectivity index (χ0n) is 12.4. The molecule has 21 heavy (non-hydrogen) atoms. The summed E-state index contributed by atoms with van der Waals surface area (Å²) < 4.78 is 24.7. The first-order chi connectivity index (χ1) is 10.2. The van der Waals surface area contributed by atoms with Crippen LogP contribution < -0.4 is 15.2 Å². The molecule has 0 bridgehead atoms. The minimum atomic E-state index is -0.333. The lowest BCUT2D eigenvalue weighted by Crippen LogP contribution is -2.03. The van der Waals surface area contributed by atoms with Crippen molar-refractivity contribution in [3.63, 3.8) is 0 Å². The zero-order valence-corrected chi connectivity index (χ0v) is 12.4. The van der Waals surface area contributed by atoms with Crippen molar-refractivity contribution < 1.29 is 13.9 Å². The van der Waals surface area contributed by atoms with Gasteiger partial charge < -0.3 is 15.2 Å². The van der Waals surface area contributed by atoms with Crippen molar-refractivity contribution in [2.75, 3.05) is 13.7 Å². The number of halogens is 1. The molecule has 4 heteroatoms. The predicted molar refractivity (Wildman–Crippen MR) is 81.6 cm³/mol. The van der Waals surface area contributed by atoms with Crippen molar-refractivity contribution in [3.8, 4) is 17.2 Å². The number of nitrogens with two attached hydrogens (primary N) is 1. The maximum absolute atomic E-state index is 13.6. The van der Waals surface area contributed by atoms with E-state index in [1.54, 1.807) is 13.2 Å². The molecule has 3 nitrogen and oxygen atoms in total. The van der Waals surface area contributed by atoms with Gasteiger partial charge in [0, 0.05) is 6.07 Å². The van der Waals surface area contributed by atoms with Crippen LogP contribution in [0.4, 0.5) is 4.39 Å². The average Bonchev–Trinajstić information content (AvgIpc) is 2.47. The molecule has 0 heterocycles. The highest BCUT2D eigenvalue weighted by Crippen LogP contribution is 2.33. The van der Waals surface area contributed by atoms with Gasteiger partial charge in [-0.3, -0.25) is 0 Å². The van der Waals surface area contributed by atoms with E-state index in [0.717, 1.165) is 17.5 Å². The second-order valence-electron chi connectivity index (χ2n) is 4.77. The van der Waals surface area contributed by atoms with Crippen LogP contribution in [0.3, 0.4) is 0 Å². The first kappa shape index (κ1) is 15.3. The van der Waals surface area contributed by atoms with Gasteiger partial charge in [0.15, 0.2) is 11.5 Å². The smallest absolute Gasteiger partial charge is 0.169 e. The second-order valence-corrected chi connectivity index (χ2v) is 4.77. The first-order valence-corrected chi connectivity index (χ1v) is 7.00. The van der Waals surface area contributed by atoms with Gasteiger partial charge >= 0.3 is 0 Å². The lowest BCUT2D eigenvalue weighted by molar-refractivity contribution is 0.377. The van der Waals surface area contributed by atoms with E-state index in [0.29, 0.717) is 30.2 Å². The minimum absolute atomic E-state index is 0.333. The van der Waals surface area contributed by atoms with Crippen molar-refractivity contribution in [2.24, 2.45) is 5.73 Å². The monoisotopic (exact) mass is 289 g/mol. The second kappa shape index (κ2) is 7.09. The fraction of sp³-hybridized carbons (Fsp3) is 0.294. The molecule has 2 N–H and O–H groups in total. The Bertz CT molecular complexity index is 614. The van der Waals surface area contributed by atoms with Crippen LogP contribution in [0.2, 0.25) is 0 Å². The van der Waals surface area contributed by atoms with Crippen molar-refractivity contribution in [3.05, 3.63) is 53.3 Å². The van der Waals surface area contributed by atoms with Crippen LogP contribution in [0, 0.1) is 5.82 Å². The van der Waals surface area contributed by atoms with Crippen LogP contribution in [-0.4, -0.2) is 13.7 Å². The van der Waals surface area contributed by atoms with Crippen LogP contribution in [0.25, 0.3) is 0 Å². The molecule has 0 aliphatic carbocycles. The predicted octanol–water partition coefficient (Wildman–Crippen LogP) is 3.69. The maximum atomic E-state index is 13.6. The Morgan fingerprint density at radius 2 is 1.86 bits per heavy atom. The van der Waals surface area contributed by atoms with E-state index in [4.69, 9.17) is 15.2 Å². The number of hydrogen-bond donors (Lipinski definition) is 1. The number of methoxy groups -OCH3 is 1. The van der Waals surface area contributed by atoms with Gasteiger partial charge in [0.2, 0.25) is 0 Å². The molecule has 0 radical (unpaired) electrons. The normalized spacial score (nSPS) is 10.5. The van der Waals surface area contributed by atoms with E-state index in [2.05, 4.69) is 6.92 Å². The van der Waals surface area contributed by atoms with Gasteiger partial charge in [0.05, 0.1) is 7.11 Å². The fourth-order valence-electron chi connectivity index (χ4n) is 2.13. The van der Waals surface area contributed by atoms with Gasteiger partial charge in [-0.25, -0.2) is 4.39 Å². The molecule has 2 aromatic carbocycles. The van der Waals surface area contributed by atoms with E-state index >= 15 is 0 Å². The highest BCUT2D eigenvalue weighted by molar-refractivity contribution is 5.46. The van der Waals surface area contributed by atoms with Gasteiger partial charge in [-0.2, -0.15) is 0 Å². The van der Waals surface area contributed by atoms with Crippen LogP contribution in [-0.2, 0) is 12.8 Å². The quantitative estimate of drug-likeness (QED) is 0.882. The molecule has 112 valence electrons. The standard InChI is InChI=1S/C17H20FNO2/c1-3-12-4-5-16(17(10-12)20-2)21-15-9-13(6-7-19)8-14(18)11-15/h4-5,8-11H,3,6-7,19H2,1-2H3. The summed E-state index contributed by atoms with van der Waals surface area (Å²) in [6.45, 7) is 2.54. The molecular formula is C17H20FNO2. The number of aryl methyl sites for hydroxylation is 1. The van der Waals surface area contributed by atoms with Crippen LogP contribution in [0.15, 0.2) is 36.4 Å². The summed E-state index contributed by atoms with van der Waals surface area (Å²) in [5.74, 6) is 1.32. The largest absolute Gasteiger partial charge is 0.493 e. The molecule has 0 fully saturated rings. The lowest BCUT2D eigenvalue weighted by atomic mass is 10.1. The molecule has 0 aliphatic rings. The Morgan fingerprint density at radius 1 is 1.05 bits per heavy atom. The Kier molecular flexibility index (Phi) is 5.17. The Balaban J connectivity index is 2.29. The molecule has 0 saturated carbocycles. The summed E-state index contributed by atoms with van der Waals surface area (Å²) >= 11 is 0. The molecular weight excluding hydrogens is 269 g/mol. The molecule has 0 saturated heterocycles. The summed E-state index contributed by atoms with van der Waals surface area (Å²) in [5.41, 5.74) is 7.48. The topological polar surface area (TPSA) is 44.5 Å². The molecule has 0 unspecified atom stereocenters. The van der Waals surface area contributed by atoms with Crippen molar-refractivity contribution >= 4 is 0 Å². The Hall–Kier alpha value is -2.07. The Morgan fingerprint density at radius 3 is 2.52 bits per heavy atom. The SMILES string of the molecule is CCc1ccc(Oc2cc(F)cc(CCN)c2)c(OC)c1. The van der Waals surface area contributed by atoms with E-state index < -0.39 is 0 Å². The van der Waals surface area contributed by atoms with Gasteiger partial charge in [-0.15, -0.1) is 0 Å². The Labute approximate surface area is 124 Å². The number of benzene rings is 2. The molecule has 0 atom stereocenters. The number of rotatable bonds is 6. The molecule has 2 rings (SSSR count). The summed E-state index contributed by atoms with van der Waals surface area (Å²) in [6.07, 6.45) is 1.53. The number of hydrogen-bond acceptors (Lipinski definition) is 3. The maximum Gasteiger partial charge on any atom is 0.169 e. The van der Waals surface area contributed by atoms with Crippen LogP contribution in [0.1, 0.15) is 18.1 Å². The summed E-state index contributed by atoms with van der Waals surface area (Å²) in [6, 6.07) is 10.4. The molecule has 0 amide bonds. The molecule has 0 spiro atoms. The third kappa shape index (κ3) is 3.95. The third-order valence-electron chi connectivity index (χ3n) is 3.23. The summed E-state index contributed by atoms with van der Waals surface area (Å²) in [5, 5.41) is 0. The fourth-order valence-corrected chi connectivity index (χ4v) is 2.13. The third-order valence-corrected chi connectivity index (χ3v) is 3.23. The van der Waals surface area contributed by atoms with E-state index in [9.17, 15) is 4.39 Å². The zero-order chi connectivity index (χ0) is 15.2. The van der Waals surface area contributed by atoms with Crippen molar-refractivity contribution in [2.45, 2.75) is 19.8 Å². The van der Waals surface area contributed by atoms with Crippen molar-refractivity contribution in [1.29, 1.82) is 0 Å². The van der Waals surface area contributed by atoms with Crippen LogP contribution >= 0.6 is 0 Å². The van der Waals surface area contributed by atoms with Gasteiger partial charge in [-0.1, -0.05) is 13.0 Å². The summed E-state index contributed by atoms with van der Waals surface area (Å²) in [7, 11) is 1.59. The van der Waals surface area contributed by atoms with Crippen molar-refractivity contribution in [1.82, 2.24) is 0 Å². The molecule has 0 aromatic heterocycles. The first-order valence-electron chi connectivity index (χ1n) is 7.00. The number of ether oxygens (including phenoxy) is 2. The molecule has 0 aliphatic heterocycles. The average molecular weight is 289 g/mol. The van der Waals surface area contributed by atoms with Gasteiger partial charge in [0.1, 0.15) is 11.6 Å². The van der Waals surface area contributed by atoms with E-state index in [1.807, 2.05) is 18.2 Å². The molecule has 2 aromatic rings. The van der Waals surface area contributed by atoms with Crippen LogP contribution in [0.5, 0.6) is 17.2 Å². The highest BCUT2D eigenvalue weighted by Gasteiger charge is 2.08. The van der Waals surface area contributed by atoms with E-state index in [-0.39, 0.29) is 5.82 Å². The minimum Gasteiger partial charge on any atom is -0.493 e. The lowest BCUT2D eigenvalue weighted by Gasteiger charge is -2.12. The van der Waals surface area contributed by atoms with Gasteiger partial charge in [0.25, 0.3) is 0 Å².